The Kier molecular flexibility index (Phi) is 3.94. The first-order chi connectivity index (χ1) is 9.34. The van der Waals surface area contributed by atoms with Crippen LogP contribution < -0.4 is 5.56 Å². The van der Waals surface area contributed by atoms with Crippen LogP contribution in [-0.2, 0) is 12.0 Å². The van der Waals surface area contributed by atoms with Gasteiger partial charge < -0.3 is 4.57 Å². The van der Waals surface area contributed by atoms with Gasteiger partial charge in [0.1, 0.15) is 0 Å². The summed E-state index contributed by atoms with van der Waals surface area (Å²) in [5.41, 5.74) is 1.46. The van der Waals surface area contributed by atoms with Crippen molar-refractivity contribution >= 4 is 12.2 Å². The molecule has 2 aromatic heterocycles. The second-order valence-corrected chi connectivity index (χ2v) is 6.24. The maximum atomic E-state index is 12.7. The Morgan fingerprint density at radius 1 is 1.30 bits per heavy atom. The Hall–Kier alpha value is -1.69. The molecule has 6 heteroatoms. The Balaban J connectivity index is 2.67. The van der Waals surface area contributed by atoms with E-state index in [0.717, 1.165) is 12.1 Å². The van der Waals surface area contributed by atoms with E-state index < -0.39 is 0 Å². The number of nitrogens with one attached hydrogen (secondary N) is 2. The Morgan fingerprint density at radius 2 is 2.00 bits per heavy atom. The highest BCUT2D eigenvalue weighted by molar-refractivity contribution is 7.71. The summed E-state index contributed by atoms with van der Waals surface area (Å²) in [6.07, 6.45) is 0.906. The van der Waals surface area contributed by atoms with Crippen molar-refractivity contribution in [2.45, 2.75) is 46.1 Å². The third-order valence-corrected chi connectivity index (χ3v) is 3.34. The zero-order chi connectivity index (χ0) is 14.9. The van der Waals surface area contributed by atoms with E-state index in [1.807, 2.05) is 16.7 Å². The van der Waals surface area contributed by atoms with Gasteiger partial charge in [-0.3, -0.25) is 15.0 Å². The predicted molar refractivity (Wildman–Crippen MR) is 82.5 cm³/mol. The Bertz CT molecular complexity index is 718. The summed E-state index contributed by atoms with van der Waals surface area (Å²) in [6, 6.07) is 3.81. The maximum Gasteiger partial charge on any atom is 0.261 e. The summed E-state index contributed by atoms with van der Waals surface area (Å²) < 4.78 is 2.18. The molecular formula is C14H20N4OS. The van der Waals surface area contributed by atoms with Crippen LogP contribution in [-0.4, -0.2) is 19.7 Å². The minimum atomic E-state index is -0.0781. The number of rotatable bonds is 3. The van der Waals surface area contributed by atoms with E-state index in [2.05, 4.69) is 42.9 Å². The minimum Gasteiger partial charge on any atom is -0.312 e. The molecule has 2 aromatic rings. The van der Waals surface area contributed by atoms with Crippen LogP contribution in [0.4, 0.5) is 0 Å². The molecule has 0 aromatic carbocycles. The van der Waals surface area contributed by atoms with Gasteiger partial charge in [0, 0.05) is 17.7 Å². The molecule has 0 unspecified atom stereocenters. The van der Waals surface area contributed by atoms with Gasteiger partial charge in [0.2, 0.25) is 4.77 Å². The van der Waals surface area contributed by atoms with Gasteiger partial charge in [-0.25, -0.2) is 0 Å². The Labute approximate surface area is 123 Å². The molecule has 108 valence electrons. The van der Waals surface area contributed by atoms with Crippen LogP contribution in [0.15, 0.2) is 16.9 Å². The lowest BCUT2D eigenvalue weighted by atomic mass is 9.90. The summed E-state index contributed by atoms with van der Waals surface area (Å²) in [5, 5.41) is 5.56. The van der Waals surface area contributed by atoms with Crippen molar-refractivity contribution in [1.29, 1.82) is 0 Å². The molecule has 5 nitrogen and oxygen atoms in total. The second-order valence-electron chi connectivity index (χ2n) is 5.85. The molecule has 20 heavy (non-hydrogen) atoms. The van der Waals surface area contributed by atoms with Crippen molar-refractivity contribution in [1.82, 2.24) is 19.7 Å². The normalized spacial score (nSPS) is 11.8. The van der Waals surface area contributed by atoms with E-state index in [1.165, 1.54) is 0 Å². The molecule has 0 radical (unpaired) electrons. The topological polar surface area (TPSA) is 66.5 Å². The average molecular weight is 292 g/mol. The highest BCUT2D eigenvalue weighted by Gasteiger charge is 2.20. The lowest BCUT2D eigenvalue weighted by Crippen LogP contribution is -2.30. The third-order valence-electron chi connectivity index (χ3n) is 3.15. The van der Waals surface area contributed by atoms with Gasteiger partial charge in [-0.05, 0) is 30.8 Å². The second kappa shape index (κ2) is 5.36. The maximum absolute atomic E-state index is 12.7. The number of pyridine rings is 1. The summed E-state index contributed by atoms with van der Waals surface area (Å²) in [7, 11) is 0. The molecule has 0 amide bonds. The van der Waals surface area contributed by atoms with Gasteiger partial charge >= 0.3 is 0 Å². The van der Waals surface area contributed by atoms with Gasteiger partial charge in [-0.15, -0.1) is 0 Å². The van der Waals surface area contributed by atoms with Crippen LogP contribution in [0.5, 0.6) is 0 Å². The monoisotopic (exact) mass is 292 g/mol. The van der Waals surface area contributed by atoms with Crippen LogP contribution in [0.3, 0.4) is 0 Å². The number of hydrogen-bond acceptors (Lipinski definition) is 3. The van der Waals surface area contributed by atoms with Gasteiger partial charge in [-0.2, -0.15) is 4.98 Å². The molecule has 0 aliphatic rings. The number of hydrogen-bond donors (Lipinski definition) is 2. The molecule has 0 saturated carbocycles. The average Bonchev–Trinajstić information content (AvgIpc) is 2.77. The first kappa shape index (κ1) is 14.7. The highest BCUT2D eigenvalue weighted by atomic mass is 32.1. The summed E-state index contributed by atoms with van der Waals surface area (Å²) in [6.45, 7) is 9.08. The lowest BCUT2D eigenvalue weighted by Gasteiger charge is -2.24. The van der Waals surface area contributed by atoms with Gasteiger partial charge in [0.15, 0.2) is 5.82 Å². The van der Waals surface area contributed by atoms with Crippen molar-refractivity contribution in [3.63, 3.8) is 0 Å². The van der Waals surface area contributed by atoms with Crippen molar-refractivity contribution < 1.29 is 0 Å². The molecule has 0 aliphatic carbocycles. The fourth-order valence-electron chi connectivity index (χ4n) is 2.26. The molecule has 0 spiro atoms. The molecular weight excluding hydrogens is 272 g/mol. The molecule has 2 N–H and O–H groups in total. The molecule has 0 saturated heterocycles. The number of aromatic nitrogens is 4. The number of nitrogens with zero attached hydrogens (tertiary/aromatic N) is 2. The molecule has 2 heterocycles. The van der Waals surface area contributed by atoms with Crippen molar-refractivity contribution in [3.8, 4) is 11.4 Å². The molecule has 0 bridgehead atoms. The third kappa shape index (κ3) is 2.75. The highest BCUT2D eigenvalue weighted by Crippen LogP contribution is 2.23. The minimum absolute atomic E-state index is 0.0305. The predicted octanol–water partition coefficient (Wildman–Crippen LogP) is 3.00. The van der Waals surface area contributed by atoms with Crippen LogP contribution in [0.1, 0.15) is 39.8 Å². The van der Waals surface area contributed by atoms with Crippen LogP contribution in [0, 0.1) is 4.77 Å². The molecule has 0 aliphatic heterocycles. The van der Waals surface area contributed by atoms with E-state index in [1.54, 1.807) is 0 Å². The van der Waals surface area contributed by atoms with Gasteiger partial charge in [0.25, 0.3) is 5.56 Å². The van der Waals surface area contributed by atoms with Crippen LogP contribution >= 0.6 is 12.2 Å². The summed E-state index contributed by atoms with van der Waals surface area (Å²) in [5.74, 6) is 0.491. The summed E-state index contributed by atoms with van der Waals surface area (Å²) >= 11 is 4.94. The van der Waals surface area contributed by atoms with E-state index in [4.69, 9.17) is 12.2 Å². The van der Waals surface area contributed by atoms with Crippen molar-refractivity contribution in [2.24, 2.45) is 0 Å². The standard InChI is InChI=1S/C14H20N4OS/c1-5-8-18-10(14(2,3)4)7-6-9(12(18)19)11-15-13(20)17-16-11/h6-7H,5,8H2,1-4H3,(H2,15,16,17,20). The fraction of sp³-hybridized carbons (Fsp3) is 0.500. The largest absolute Gasteiger partial charge is 0.312 e. The first-order valence-electron chi connectivity index (χ1n) is 6.74. The quantitative estimate of drug-likeness (QED) is 0.855. The van der Waals surface area contributed by atoms with Gasteiger partial charge in [0.05, 0.1) is 5.56 Å². The van der Waals surface area contributed by atoms with Crippen molar-refractivity contribution in [2.75, 3.05) is 0 Å². The number of H-pyrrole nitrogens is 2. The van der Waals surface area contributed by atoms with Crippen molar-refractivity contribution in [3.05, 3.63) is 33.0 Å². The van der Waals surface area contributed by atoms with E-state index in [-0.39, 0.29) is 11.0 Å². The summed E-state index contributed by atoms with van der Waals surface area (Å²) in [4.78, 5) is 16.8. The first-order valence-corrected chi connectivity index (χ1v) is 7.14. The van der Waals surface area contributed by atoms with Crippen LogP contribution in [0.2, 0.25) is 0 Å². The SMILES string of the molecule is CCCn1c(C(C)(C)C)ccc(-c2nc(=S)[nH][nH]2)c1=O. The smallest absolute Gasteiger partial charge is 0.261 e. The van der Waals surface area contributed by atoms with E-state index in [9.17, 15) is 4.79 Å². The molecule has 0 fully saturated rings. The van der Waals surface area contributed by atoms with Gasteiger partial charge in [-0.1, -0.05) is 27.7 Å². The zero-order valence-corrected chi connectivity index (χ0v) is 13.1. The zero-order valence-electron chi connectivity index (χ0n) is 12.3. The number of aromatic amines is 2. The van der Waals surface area contributed by atoms with E-state index in [0.29, 0.717) is 22.7 Å². The van der Waals surface area contributed by atoms with E-state index >= 15 is 0 Å². The van der Waals surface area contributed by atoms with Crippen LogP contribution in [0.25, 0.3) is 11.4 Å². The molecule has 0 atom stereocenters. The fourth-order valence-corrected chi connectivity index (χ4v) is 2.40. The lowest BCUT2D eigenvalue weighted by molar-refractivity contribution is 0.498. The molecule has 2 rings (SSSR count). The Morgan fingerprint density at radius 3 is 2.50 bits per heavy atom.